The highest BCUT2D eigenvalue weighted by Crippen LogP contribution is 2.45. The highest BCUT2D eigenvalue weighted by Gasteiger charge is 2.30. The first-order valence-electron chi connectivity index (χ1n) is 15.6. The summed E-state index contributed by atoms with van der Waals surface area (Å²) in [6.45, 7) is 1.62. The monoisotopic (exact) mass is 607 g/mol. The molecule has 5 nitrogen and oxygen atoms in total. The van der Waals surface area contributed by atoms with Gasteiger partial charge in [-0.2, -0.15) is 0 Å². The number of ether oxygens (including phenoxy) is 2. The Morgan fingerprint density at radius 1 is 0.795 bits per heavy atom. The molecule has 1 heterocycles. The number of fused-ring (bicyclic) bond motifs is 2. The Kier molecular flexibility index (Phi) is 9.44. The van der Waals surface area contributed by atoms with Crippen molar-refractivity contribution in [2.24, 2.45) is 0 Å². The van der Waals surface area contributed by atoms with E-state index in [1.54, 1.807) is 0 Å². The van der Waals surface area contributed by atoms with Gasteiger partial charge in [-0.25, -0.2) is 0 Å². The second-order valence-corrected chi connectivity index (χ2v) is 12.3. The molecule has 0 saturated carbocycles. The second kappa shape index (κ2) is 13.8. The summed E-state index contributed by atoms with van der Waals surface area (Å²) in [6, 6.07) is 28.4. The van der Waals surface area contributed by atoms with Gasteiger partial charge in [0.2, 0.25) is 0 Å². The summed E-state index contributed by atoms with van der Waals surface area (Å²) in [6.07, 6.45) is 5.58. The molecule has 6 rings (SSSR count). The topological polar surface area (TPSA) is 55.8 Å². The van der Waals surface area contributed by atoms with Gasteiger partial charge in [-0.05, 0) is 90.6 Å². The molecule has 1 atom stereocenters. The van der Waals surface area contributed by atoms with Crippen molar-refractivity contribution >= 4 is 23.5 Å². The molecule has 2 aliphatic rings. The number of benzene rings is 4. The van der Waals surface area contributed by atoms with E-state index in [0.717, 1.165) is 48.2 Å². The van der Waals surface area contributed by atoms with Crippen LogP contribution < -0.4 is 9.47 Å². The molecule has 0 aromatic heterocycles. The Balaban J connectivity index is 1.33. The van der Waals surface area contributed by atoms with E-state index >= 15 is 0 Å². The molecule has 44 heavy (non-hydrogen) atoms. The number of nitrogens with zero attached hydrogens (tertiary/aromatic N) is 1. The van der Waals surface area contributed by atoms with Gasteiger partial charge in [0.15, 0.2) is 11.5 Å². The van der Waals surface area contributed by atoms with Gasteiger partial charge in [-0.1, -0.05) is 90.5 Å². The Hall–Kier alpha value is -3.93. The van der Waals surface area contributed by atoms with Gasteiger partial charge in [0.05, 0.1) is 5.02 Å². The number of hydrogen-bond acceptors (Lipinski definition) is 5. The number of likely N-dealkylation sites (N-methyl/N-ethyl adjacent to an activating group) is 1. The van der Waals surface area contributed by atoms with Gasteiger partial charge >= 0.3 is 11.9 Å². The standard InChI is InChI=1S/C38H38ClNO4/c1-40-22-21-31-32(33(25-40)30-18-17-28-13-8-14-29(28)23-30)24-34(43-35(41)19-15-26-9-4-2-5-10-26)38(37(31)39)44-36(42)20-16-27-11-6-3-7-12-27/h2-7,9-12,17-18,23-24,33H,8,13-16,19-22,25H2,1H3. The van der Waals surface area contributed by atoms with Crippen molar-refractivity contribution in [2.75, 3.05) is 20.1 Å². The van der Waals surface area contributed by atoms with Crippen LogP contribution in [-0.2, 0) is 41.7 Å². The molecule has 0 spiro atoms. The van der Waals surface area contributed by atoms with Gasteiger partial charge in [-0.15, -0.1) is 0 Å². The van der Waals surface area contributed by atoms with Crippen LogP contribution in [0.1, 0.15) is 64.1 Å². The maximum absolute atomic E-state index is 13.2. The van der Waals surface area contributed by atoms with Crippen molar-refractivity contribution in [2.45, 2.75) is 57.3 Å². The minimum atomic E-state index is -0.418. The minimum Gasteiger partial charge on any atom is -0.422 e. The van der Waals surface area contributed by atoms with Crippen molar-refractivity contribution in [1.29, 1.82) is 0 Å². The van der Waals surface area contributed by atoms with Crippen LogP contribution in [0.2, 0.25) is 5.02 Å². The van der Waals surface area contributed by atoms with Crippen LogP contribution in [0.4, 0.5) is 0 Å². The summed E-state index contributed by atoms with van der Waals surface area (Å²) < 4.78 is 11.9. The minimum absolute atomic E-state index is 0.0329. The van der Waals surface area contributed by atoms with Gasteiger partial charge < -0.3 is 14.4 Å². The van der Waals surface area contributed by atoms with E-state index in [2.05, 4.69) is 30.1 Å². The molecule has 1 aliphatic heterocycles. The number of esters is 2. The van der Waals surface area contributed by atoms with Crippen LogP contribution in [0.25, 0.3) is 0 Å². The second-order valence-electron chi connectivity index (χ2n) is 12.0. The predicted molar refractivity (Wildman–Crippen MR) is 174 cm³/mol. The quantitative estimate of drug-likeness (QED) is 0.145. The molecule has 6 heteroatoms. The fourth-order valence-electron chi connectivity index (χ4n) is 6.42. The third-order valence-electron chi connectivity index (χ3n) is 8.82. The van der Waals surface area contributed by atoms with Crippen molar-refractivity contribution < 1.29 is 19.1 Å². The predicted octanol–water partition coefficient (Wildman–Crippen LogP) is 7.52. The average molecular weight is 608 g/mol. The molecule has 0 radical (unpaired) electrons. The number of halogens is 1. The molecule has 1 unspecified atom stereocenters. The molecule has 0 bridgehead atoms. The highest BCUT2D eigenvalue weighted by molar-refractivity contribution is 6.33. The Labute approximate surface area is 264 Å². The largest absolute Gasteiger partial charge is 0.422 e. The van der Waals surface area contributed by atoms with E-state index in [9.17, 15) is 9.59 Å². The first-order chi connectivity index (χ1) is 21.4. The fourth-order valence-corrected chi connectivity index (χ4v) is 6.76. The van der Waals surface area contributed by atoms with E-state index in [4.69, 9.17) is 21.1 Å². The molecule has 0 N–H and O–H groups in total. The van der Waals surface area contributed by atoms with Crippen LogP contribution in [0.5, 0.6) is 11.5 Å². The molecule has 4 aromatic rings. The average Bonchev–Trinajstić information content (AvgIpc) is 3.45. The Morgan fingerprint density at radius 3 is 2.11 bits per heavy atom. The van der Waals surface area contributed by atoms with E-state index in [-0.39, 0.29) is 30.3 Å². The van der Waals surface area contributed by atoms with Crippen molar-refractivity contribution in [1.82, 2.24) is 4.90 Å². The number of aryl methyl sites for hydroxylation is 4. The summed E-state index contributed by atoms with van der Waals surface area (Å²) >= 11 is 7.13. The van der Waals surface area contributed by atoms with Crippen molar-refractivity contribution in [3.63, 3.8) is 0 Å². The molecule has 4 aromatic carbocycles. The summed E-state index contributed by atoms with van der Waals surface area (Å²) in [5.74, 6) is -0.445. The van der Waals surface area contributed by atoms with Crippen LogP contribution in [0.3, 0.4) is 0 Å². The van der Waals surface area contributed by atoms with Crippen molar-refractivity contribution in [3.05, 3.63) is 129 Å². The van der Waals surface area contributed by atoms with Crippen molar-refractivity contribution in [3.8, 4) is 11.5 Å². The first-order valence-corrected chi connectivity index (χ1v) is 16.0. The van der Waals surface area contributed by atoms with Crippen LogP contribution >= 0.6 is 11.6 Å². The summed E-state index contributed by atoms with van der Waals surface area (Å²) in [5.41, 5.74) is 8.13. The molecule has 0 fully saturated rings. The van der Waals surface area contributed by atoms with Crippen LogP contribution in [-0.4, -0.2) is 37.0 Å². The molecule has 1 aliphatic carbocycles. The molecule has 226 valence electrons. The summed E-state index contributed by atoms with van der Waals surface area (Å²) in [7, 11) is 2.12. The Morgan fingerprint density at radius 2 is 1.43 bits per heavy atom. The number of rotatable bonds is 9. The zero-order valence-electron chi connectivity index (χ0n) is 25.2. The zero-order valence-corrected chi connectivity index (χ0v) is 25.9. The molecule has 0 amide bonds. The molecular weight excluding hydrogens is 570 g/mol. The third kappa shape index (κ3) is 7.06. The van der Waals surface area contributed by atoms with Gasteiger partial charge in [0.1, 0.15) is 0 Å². The summed E-state index contributed by atoms with van der Waals surface area (Å²) in [4.78, 5) is 28.6. The van der Waals surface area contributed by atoms with Gasteiger partial charge in [0.25, 0.3) is 0 Å². The summed E-state index contributed by atoms with van der Waals surface area (Å²) in [5, 5.41) is 0.350. The Bertz CT molecular complexity index is 1640. The van der Waals surface area contributed by atoms with Gasteiger partial charge in [0, 0.05) is 31.8 Å². The SMILES string of the molecule is CN1CCc2c(cc(OC(=O)CCc3ccccc3)c(OC(=O)CCc3ccccc3)c2Cl)C(c2ccc3c(c2)CCC3)C1. The molecule has 0 saturated heterocycles. The lowest BCUT2D eigenvalue weighted by Gasteiger charge is -2.24. The van der Waals surface area contributed by atoms with E-state index in [1.807, 2.05) is 66.7 Å². The lowest BCUT2D eigenvalue weighted by Crippen LogP contribution is -2.24. The van der Waals surface area contributed by atoms with Crippen LogP contribution in [0.15, 0.2) is 84.9 Å². The van der Waals surface area contributed by atoms with E-state index in [1.165, 1.54) is 23.1 Å². The number of hydrogen-bond donors (Lipinski definition) is 0. The third-order valence-corrected chi connectivity index (χ3v) is 9.22. The fraction of sp³-hybridized carbons (Fsp3) is 0.316. The lowest BCUT2D eigenvalue weighted by atomic mass is 9.86. The zero-order chi connectivity index (χ0) is 30.5. The lowest BCUT2D eigenvalue weighted by molar-refractivity contribution is -0.137. The highest BCUT2D eigenvalue weighted by atomic mass is 35.5. The van der Waals surface area contributed by atoms with E-state index in [0.29, 0.717) is 24.3 Å². The number of carbonyl (C=O) groups excluding carboxylic acids is 2. The first kappa shape index (κ1) is 30.1. The van der Waals surface area contributed by atoms with E-state index < -0.39 is 11.9 Å². The number of carbonyl (C=O) groups is 2. The van der Waals surface area contributed by atoms with Gasteiger partial charge in [-0.3, -0.25) is 9.59 Å². The maximum atomic E-state index is 13.2. The normalized spacial score (nSPS) is 16.1. The van der Waals surface area contributed by atoms with Crippen LogP contribution in [0, 0.1) is 0 Å². The molecular formula is C38H38ClNO4. The smallest absolute Gasteiger partial charge is 0.311 e. The maximum Gasteiger partial charge on any atom is 0.311 e.